The Kier molecular flexibility index (Phi) is 3.89. The number of sulfonamides is 1. The molecule has 5 nitrogen and oxygen atoms in total. The van der Waals surface area contributed by atoms with E-state index in [4.69, 9.17) is 22.5 Å². The van der Waals surface area contributed by atoms with E-state index < -0.39 is 10.0 Å². The Morgan fingerprint density at radius 2 is 1.90 bits per heavy atom. The summed E-state index contributed by atoms with van der Waals surface area (Å²) in [4.78, 5) is -0.0311. The van der Waals surface area contributed by atoms with Crippen molar-refractivity contribution in [2.24, 2.45) is 5.14 Å². The van der Waals surface area contributed by atoms with Crippen molar-refractivity contribution < 1.29 is 8.42 Å². The minimum atomic E-state index is -3.77. The first-order valence-electron chi connectivity index (χ1n) is 5.73. The third-order valence-corrected chi connectivity index (χ3v) is 4.06. The molecule has 0 saturated carbocycles. The van der Waals surface area contributed by atoms with Crippen molar-refractivity contribution in [2.45, 2.75) is 11.8 Å². The van der Waals surface area contributed by atoms with Gasteiger partial charge in [0.05, 0.1) is 27.0 Å². The van der Waals surface area contributed by atoms with Crippen molar-refractivity contribution in [3.63, 3.8) is 0 Å². The van der Waals surface area contributed by atoms with E-state index in [2.05, 4.69) is 5.32 Å². The summed E-state index contributed by atoms with van der Waals surface area (Å²) >= 11 is 6.12. The highest BCUT2D eigenvalue weighted by atomic mass is 35.5. The fourth-order valence-corrected chi connectivity index (χ4v) is 2.57. The Bertz CT molecular complexity index is 740. The van der Waals surface area contributed by atoms with Gasteiger partial charge in [0.25, 0.3) is 0 Å². The number of rotatable bonds is 3. The molecule has 106 valence electrons. The molecule has 2 aromatic carbocycles. The highest BCUT2D eigenvalue weighted by Crippen LogP contribution is 2.31. The molecular weight excluding hydrogens is 298 g/mol. The van der Waals surface area contributed by atoms with Crippen molar-refractivity contribution >= 4 is 38.7 Å². The Morgan fingerprint density at radius 1 is 1.20 bits per heavy atom. The Balaban J connectivity index is 2.41. The van der Waals surface area contributed by atoms with E-state index >= 15 is 0 Å². The number of nitrogen functional groups attached to an aromatic ring is 1. The molecule has 0 radical (unpaired) electrons. The third-order valence-electron chi connectivity index (χ3n) is 2.83. The van der Waals surface area contributed by atoms with Gasteiger partial charge in [-0.3, -0.25) is 0 Å². The number of primary sulfonamides is 1. The van der Waals surface area contributed by atoms with Crippen LogP contribution in [0.25, 0.3) is 0 Å². The number of nitrogens with one attached hydrogen (secondary N) is 1. The summed E-state index contributed by atoms with van der Waals surface area (Å²) in [7, 11) is -3.77. The van der Waals surface area contributed by atoms with Crippen LogP contribution in [0.15, 0.2) is 41.3 Å². The van der Waals surface area contributed by atoms with Gasteiger partial charge in [-0.1, -0.05) is 23.7 Å². The second-order valence-electron chi connectivity index (χ2n) is 4.35. The van der Waals surface area contributed by atoms with Gasteiger partial charge in [0.2, 0.25) is 10.0 Å². The maximum Gasteiger partial charge on any atom is 0.238 e. The molecule has 0 heterocycles. The highest BCUT2D eigenvalue weighted by Gasteiger charge is 2.11. The number of nitrogens with two attached hydrogens (primary N) is 2. The fourth-order valence-electron chi connectivity index (χ4n) is 1.76. The van der Waals surface area contributed by atoms with Gasteiger partial charge >= 0.3 is 0 Å². The Labute approximate surface area is 122 Å². The van der Waals surface area contributed by atoms with E-state index in [1.807, 2.05) is 19.1 Å². The lowest BCUT2D eigenvalue weighted by molar-refractivity contribution is 0.598. The fraction of sp³-hybridized carbons (Fsp3) is 0.0769. The van der Waals surface area contributed by atoms with E-state index in [0.29, 0.717) is 10.7 Å². The van der Waals surface area contributed by atoms with Crippen LogP contribution in [0, 0.1) is 6.92 Å². The average Bonchev–Trinajstić information content (AvgIpc) is 2.34. The molecule has 2 rings (SSSR count). The van der Waals surface area contributed by atoms with Crippen molar-refractivity contribution in [3.05, 3.63) is 47.0 Å². The average molecular weight is 312 g/mol. The van der Waals surface area contributed by atoms with Crippen molar-refractivity contribution in [1.82, 2.24) is 0 Å². The van der Waals surface area contributed by atoms with Crippen molar-refractivity contribution in [1.29, 1.82) is 0 Å². The van der Waals surface area contributed by atoms with E-state index in [1.54, 1.807) is 12.1 Å². The van der Waals surface area contributed by atoms with Crippen LogP contribution >= 0.6 is 11.6 Å². The molecule has 0 atom stereocenters. The molecule has 20 heavy (non-hydrogen) atoms. The molecule has 0 aliphatic heterocycles. The first-order chi connectivity index (χ1) is 9.29. The second-order valence-corrected chi connectivity index (χ2v) is 6.32. The van der Waals surface area contributed by atoms with Gasteiger partial charge in [-0.15, -0.1) is 0 Å². The zero-order chi connectivity index (χ0) is 14.9. The minimum absolute atomic E-state index is 0.0311. The number of aryl methyl sites for hydroxylation is 1. The lowest BCUT2D eigenvalue weighted by Gasteiger charge is -2.14. The summed E-state index contributed by atoms with van der Waals surface area (Å²) in [6, 6.07) is 9.76. The van der Waals surface area contributed by atoms with Gasteiger partial charge in [-0.05, 0) is 36.8 Å². The standard InChI is InChI=1S/C13H14ClN3O2S/c1-8-3-2-4-10(14)13(8)17-12-6-5-9(7-11(12)15)20(16,18)19/h2-7,17H,15H2,1H3,(H2,16,18,19). The van der Waals surface area contributed by atoms with E-state index in [-0.39, 0.29) is 10.6 Å². The minimum Gasteiger partial charge on any atom is -0.397 e. The lowest BCUT2D eigenvalue weighted by atomic mass is 10.2. The van der Waals surface area contributed by atoms with Gasteiger partial charge in [-0.2, -0.15) is 0 Å². The molecule has 0 fully saturated rings. The van der Waals surface area contributed by atoms with Gasteiger partial charge < -0.3 is 11.1 Å². The monoisotopic (exact) mass is 311 g/mol. The van der Waals surface area contributed by atoms with Gasteiger partial charge in [0, 0.05) is 0 Å². The van der Waals surface area contributed by atoms with Crippen LogP contribution in [0.1, 0.15) is 5.56 Å². The number of hydrogen-bond acceptors (Lipinski definition) is 4. The topological polar surface area (TPSA) is 98.2 Å². The van der Waals surface area contributed by atoms with E-state index in [1.165, 1.54) is 12.1 Å². The van der Waals surface area contributed by atoms with Crippen molar-refractivity contribution in [3.8, 4) is 0 Å². The first kappa shape index (κ1) is 14.6. The summed E-state index contributed by atoms with van der Waals surface area (Å²) < 4.78 is 22.5. The molecule has 0 aromatic heterocycles. The molecular formula is C13H14ClN3O2S. The van der Waals surface area contributed by atoms with Crippen molar-refractivity contribution in [2.75, 3.05) is 11.1 Å². The molecule has 0 spiro atoms. The smallest absolute Gasteiger partial charge is 0.238 e. The number of hydrogen-bond donors (Lipinski definition) is 3. The van der Waals surface area contributed by atoms with Gasteiger partial charge in [0.1, 0.15) is 0 Å². The molecule has 0 amide bonds. The highest BCUT2D eigenvalue weighted by molar-refractivity contribution is 7.89. The van der Waals surface area contributed by atoms with Crippen LogP contribution in [0.2, 0.25) is 5.02 Å². The van der Waals surface area contributed by atoms with E-state index in [9.17, 15) is 8.42 Å². The normalized spacial score (nSPS) is 11.3. The molecule has 0 aliphatic rings. The molecule has 5 N–H and O–H groups in total. The van der Waals surface area contributed by atoms with Crippen LogP contribution in [0.4, 0.5) is 17.1 Å². The second kappa shape index (κ2) is 5.32. The molecule has 0 saturated heterocycles. The quantitative estimate of drug-likeness (QED) is 0.759. The van der Waals surface area contributed by atoms with Crippen LogP contribution in [-0.4, -0.2) is 8.42 Å². The molecule has 7 heteroatoms. The largest absolute Gasteiger partial charge is 0.397 e. The molecule has 0 bridgehead atoms. The number of anilines is 3. The summed E-state index contributed by atoms with van der Waals surface area (Å²) in [6.45, 7) is 1.91. The Hall–Kier alpha value is -1.76. The van der Waals surface area contributed by atoms with E-state index in [0.717, 1.165) is 11.3 Å². The summed E-state index contributed by atoms with van der Waals surface area (Å²) in [5.74, 6) is 0. The SMILES string of the molecule is Cc1cccc(Cl)c1Nc1ccc(S(N)(=O)=O)cc1N. The van der Waals surface area contributed by atoms with Crippen LogP contribution < -0.4 is 16.2 Å². The summed E-state index contributed by atoms with van der Waals surface area (Å²) in [5, 5.41) is 8.70. The maximum absolute atomic E-state index is 11.2. The summed E-state index contributed by atoms with van der Waals surface area (Å²) in [5.41, 5.74) is 8.36. The maximum atomic E-state index is 11.2. The zero-order valence-electron chi connectivity index (χ0n) is 10.7. The van der Waals surface area contributed by atoms with Crippen LogP contribution in [-0.2, 0) is 10.0 Å². The third kappa shape index (κ3) is 3.04. The van der Waals surface area contributed by atoms with Gasteiger partial charge in [0.15, 0.2) is 0 Å². The number of halogens is 1. The number of benzene rings is 2. The molecule has 0 aliphatic carbocycles. The first-order valence-corrected chi connectivity index (χ1v) is 7.66. The molecule has 0 unspecified atom stereocenters. The predicted octanol–water partition coefficient (Wildman–Crippen LogP) is 2.62. The Morgan fingerprint density at radius 3 is 2.45 bits per heavy atom. The van der Waals surface area contributed by atoms with Crippen LogP contribution in [0.5, 0.6) is 0 Å². The lowest BCUT2D eigenvalue weighted by Crippen LogP contribution is -2.12. The van der Waals surface area contributed by atoms with Gasteiger partial charge in [-0.25, -0.2) is 13.6 Å². The summed E-state index contributed by atoms with van der Waals surface area (Å²) in [6.07, 6.45) is 0. The zero-order valence-corrected chi connectivity index (χ0v) is 12.3. The molecule has 2 aromatic rings. The predicted molar refractivity (Wildman–Crippen MR) is 81.7 cm³/mol. The number of para-hydroxylation sites is 1. The van der Waals surface area contributed by atoms with Crippen LogP contribution in [0.3, 0.4) is 0 Å².